The van der Waals surface area contributed by atoms with Crippen LogP contribution in [0.3, 0.4) is 0 Å². The Hall–Kier alpha value is -1.35. The van der Waals surface area contributed by atoms with Crippen molar-refractivity contribution in [1.29, 1.82) is 0 Å². The van der Waals surface area contributed by atoms with E-state index in [1.165, 1.54) is 0 Å². The lowest BCUT2D eigenvalue weighted by molar-refractivity contribution is 0.861. The van der Waals surface area contributed by atoms with Gasteiger partial charge in [0.15, 0.2) is 0 Å². The van der Waals surface area contributed by atoms with E-state index in [-0.39, 0.29) is 0 Å². The summed E-state index contributed by atoms with van der Waals surface area (Å²) >= 11 is 5.75. The van der Waals surface area contributed by atoms with Gasteiger partial charge in [-0.05, 0) is 12.1 Å². The van der Waals surface area contributed by atoms with Gasteiger partial charge in [-0.3, -0.25) is 4.57 Å². The Balaban J connectivity index is 2.44. The molecule has 0 N–H and O–H groups in total. The van der Waals surface area contributed by atoms with E-state index < -0.39 is 0 Å². The molecule has 15 heavy (non-hydrogen) atoms. The number of halogens is 1. The molecule has 0 saturated carbocycles. The van der Waals surface area contributed by atoms with Gasteiger partial charge in [-0.1, -0.05) is 13.0 Å². The van der Waals surface area contributed by atoms with Crippen molar-refractivity contribution in [3.63, 3.8) is 0 Å². The van der Waals surface area contributed by atoms with Crippen LogP contribution in [-0.2, 0) is 12.3 Å². The summed E-state index contributed by atoms with van der Waals surface area (Å²) < 4.78 is 1.98. The van der Waals surface area contributed by atoms with Gasteiger partial charge < -0.3 is 0 Å². The van der Waals surface area contributed by atoms with Crippen molar-refractivity contribution in [2.24, 2.45) is 0 Å². The predicted molar refractivity (Wildman–Crippen MR) is 60.3 cm³/mol. The fourth-order valence-electron chi connectivity index (χ4n) is 1.48. The Labute approximate surface area is 93.7 Å². The fraction of sp³-hybridized carbons (Fsp3) is 0.273. The smallest absolute Gasteiger partial charge is 0.138 e. The number of imidazole rings is 1. The molecule has 0 unspecified atom stereocenters. The Morgan fingerprint density at radius 1 is 1.40 bits per heavy atom. The lowest BCUT2D eigenvalue weighted by Crippen LogP contribution is -2.02. The van der Waals surface area contributed by atoms with Gasteiger partial charge in [0.2, 0.25) is 0 Å². The van der Waals surface area contributed by atoms with Crippen LogP contribution in [0, 0.1) is 0 Å². The second-order valence-electron chi connectivity index (χ2n) is 3.19. The molecule has 0 radical (unpaired) electrons. The number of nitrogens with zero attached hydrogens (tertiary/aromatic N) is 3. The Kier molecular flexibility index (Phi) is 3.02. The number of rotatable bonds is 3. The zero-order valence-corrected chi connectivity index (χ0v) is 9.28. The number of aryl methyl sites for hydroxylation is 1. The molecule has 0 fully saturated rings. The van der Waals surface area contributed by atoms with E-state index in [4.69, 9.17) is 11.6 Å². The summed E-state index contributed by atoms with van der Waals surface area (Å²) in [5.41, 5.74) is 0.880. The third-order valence-electron chi connectivity index (χ3n) is 2.21. The van der Waals surface area contributed by atoms with Crippen molar-refractivity contribution in [3.8, 4) is 5.82 Å². The maximum atomic E-state index is 5.75. The largest absolute Gasteiger partial charge is 0.288 e. The third-order valence-corrected chi connectivity index (χ3v) is 2.48. The molecule has 2 rings (SSSR count). The topological polar surface area (TPSA) is 30.7 Å². The van der Waals surface area contributed by atoms with Crippen LogP contribution in [0.5, 0.6) is 0 Å². The molecule has 0 aliphatic carbocycles. The average Bonchev–Trinajstić information content (AvgIpc) is 2.77. The molecule has 0 atom stereocenters. The summed E-state index contributed by atoms with van der Waals surface area (Å²) in [6, 6.07) is 5.83. The van der Waals surface area contributed by atoms with Gasteiger partial charge in [-0.25, -0.2) is 9.97 Å². The number of hydrogen-bond donors (Lipinski definition) is 0. The molecule has 0 saturated heterocycles. The first-order valence-electron chi connectivity index (χ1n) is 4.89. The lowest BCUT2D eigenvalue weighted by Gasteiger charge is -2.06. The fourth-order valence-corrected chi connectivity index (χ4v) is 1.63. The van der Waals surface area contributed by atoms with Gasteiger partial charge in [0.1, 0.15) is 11.6 Å². The number of pyridine rings is 1. The van der Waals surface area contributed by atoms with Crippen molar-refractivity contribution in [1.82, 2.24) is 14.5 Å². The van der Waals surface area contributed by atoms with E-state index in [1.807, 2.05) is 29.0 Å². The summed E-state index contributed by atoms with van der Waals surface area (Å²) in [4.78, 5) is 8.69. The highest BCUT2D eigenvalue weighted by Gasteiger charge is 2.04. The second-order valence-corrected chi connectivity index (χ2v) is 3.46. The maximum Gasteiger partial charge on any atom is 0.138 e. The highest BCUT2D eigenvalue weighted by molar-refractivity contribution is 6.16. The predicted octanol–water partition coefficient (Wildman–Crippen LogP) is 2.57. The van der Waals surface area contributed by atoms with Crippen LogP contribution in [0.2, 0.25) is 0 Å². The minimum absolute atomic E-state index is 0.435. The molecule has 0 aromatic carbocycles. The summed E-state index contributed by atoms with van der Waals surface area (Å²) in [5.74, 6) is 2.32. The van der Waals surface area contributed by atoms with Gasteiger partial charge in [-0.2, -0.15) is 0 Å². The van der Waals surface area contributed by atoms with E-state index in [0.29, 0.717) is 5.88 Å². The normalized spacial score (nSPS) is 10.5. The highest BCUT2D eigenvalue weighted by Crippen LogP contribution is 2.10. The van der Waals surface area contributed by atoms with E-state index in [2.05, 4.69) is 16.9 Å². The van der Waals surface area contributed by atoms with E-state index in [1.54, 1.807) is 6.20 Å². The SMILES string of the molecule is CCc1nccn1-c1cccc(CCl)n1. The summed E-state index contributed by atoms with van der Waals surface area (Å²) in [6.07, 6.45) is 4.59. The molecule has 0 amide bonds. The van der Waals surface area contributed by atoms with Gasteiger partial charge in [-0.15, -0.1) is 11.6 Å². The summed E-state index contributed by atoms with van der Waals surface area (Å²) in [7, 11) is 0. The second kappa shape index (κ2) is 4.45. The molecule has 2 aromatic heterocycles. The Bertz CT molecular complexity index is 451. The van der Waals surface area contributed by atoms with Crippen LogP contribution in [0.1, 0.15) is 18.4 Å². The van der Waals surface area contributed by atoms with Crippen LogP contribution < -0.4 is 0 Å². The molecular formula is C11H12ClN3. The molecule has 3 nitrogen and oxygen atoms in total. The van der Waals surface area contributed by atoms with Crippen molar-refractivity contribution in [3.05, 3.63) is 42.1 Å². The van der Waals surface area contributed by atoms with Crippen molar-refractivity contribution in [2.75, 3.05) is 0 Å². The minimum Gasteiger partial charge on any atom is -0.288 e. The molecule has 0 bridgehead atoms. The number of aromatic nitrogens is 3. The van der Waals surface area contributed by atoms with Gasteiger partial charge in [0, 0.05) is 18.8 Å². The maximum absolute atomic E-state index is 5.75. The van der Waals surface area contributed by atoms with Crippen molar-refractivity contribution < 1.29 is 0 Å². The third kappa shape index (κ3) is 2.02. The monoisotopic (exact) mass is 221 g/mol. The van der Waals surface area contributed by atoms with Crippen LogP contribution in [0.15, 0.2) is 30.6 Å². The average molecular weight is 222 g/mol. The van der Waals surface area contributed by atoms with Crippen molar-refractivity contribution >= 4 is 11.6 Å². The lowest BCUT2D eigenvalue weighted by atomic mass is 10.3. The molecule has 2 aromatic rings. The zero-order valence-electron chi connectivity index (χ0n) is 8.52. The molecule has 0 aliphatic rings. The summed E-state index contributed by atoms with van der Waals surface area (Å²) in [6.45, 7) is 2.07. The molecule has 4 heteroatoms. The molecule has 0 spiro atoms. The van der Waals surface area contributed by atoms with Crippen LogP contribution in [-0.4, -0.2) is 14.5 Å². The van der Waals surface area contributed by atoms with Crippen molar-refractivity contribution in [2.45, 2.75) is 19.2 Å². The molecule has 78 valence electrons. The van der Waals surface area contributed by atoms with Gasteiger partial charge in [0.05, 0.1) is 11.6 Å². The van der Waals surface area contributed by atoms with E-state index in [9.17, 15) is 0 Å². The minimum atomic E-state index is 0.435. The Morgan fingerprint density at radius 3 is 3.00 bits per heavy atom. The first-order chi connectivity index (χ1) is 7.35. The number of hydrogen-bond acceptors (Lipinski definition) is 2. The number of alkyl halides is 1. The standard InChI is InChI=1S/C11H12ClN3/c1-2-10-13-6-7-15(10)11-5-3-4-9(8-12)14-11/h3-7H,2,8H2,1H3. The first kappa shape index (κ1) is 10.2. The van der Waals surface area contributed by atoms with Crippen LogP contribution >= 0.6 is 11.6 Å². The quantitative estimate of drug-likeness (QED) is 0.746. The van der Waals surface area contributed by atoms with Gasteiger partial charge >= 0.3 is 0 Å². The Morgan fingerprint density at radius 2 is 2.27 bits per heavy atom. The molecule has 2 heterocycles. The molecular weight excluding hydrogens is 210 g/mol. The van der Waals surface area contributed by atoms with Crippen LogP contribution in [0.25, 0.3) is 5.82 Å². The van der Waals surface area contributed by atoms with E-state index in [0.717, 1.165) is 23.8 Å². The summed E-state index contributed by atoms with van der Waals surface area (Å²) in [5, 5.41) is 0. The van der Waals surface area contributed by atoms with E-state index >= 15 is 0 Å². The van der Waals surface area contributed by atoms with Gasteiger partial charge in [0.25, 0.3) is 0 Å². The zero-order chi connectivity index (χ0) is 10.7. The highest BCUT2D eigenvalue weighted by atomic mass is 35.5. The first-order valence-corrected chi connectivity index (χ1v) is 5.43. The molecule has 0 aliphatic heterocycles. The van der Waals surface area contributed by atoms with Crippen LogP contribution in [0.4, 0.5) is 0 Å².